The minimum atomic E-state index is -0.833. The van der Waals surface area contributed by atoms with Crippen molar-refractivity contribution in [2.45, 2.75) is 6.92 Å². The van der Waals surface area contributed by atoms with E-state index < -0.39 is 5.97 Å². The Morgan fingerprint density at radius 1 is 1.27 bits per heavy atom. The van der Waals surface area contributed by atoms with Crippen LogP contribution in [0.3, 0.4) is 0 Å². The second-order valence-corrected chi connectivity index (χ2v) is 4.86. The number of fused-ring (bicyclic) bond motifs is 1. The van der Waals surface area contributed by atoms with E-state index in [1.807, 2.05) is 29.2 Å². The molecule has 0 spiro atoms. The summed E-state index contributed by atoms with van der Waals surface area (Å²) < 4.78 is 4.71. The molecule has 1 saturated heterocycles. The number of esters is 1. The number of ether oxygens (including phenoxy) is 1. The maximum Gasteiger partial charge on any atom is 0.312 e. The molecule has 0 bridgehead atoms. The third-order valence-corrected chi connectivity index (χ3v) is 3.18. The molecule has 3 rings (SSSR count). The van der Waals surface area contributed by atoms with E-state index in [9.17, 15) is 4.79 Å². The summed E-state index contributed by atoms with van der Waals surface area (Å²) in [7, 11) is 1.42. The number of methoxy groups -OCH3 is 1. The number of hydrogen-bond donors (Lipinski definition) is 1. The van der Waals surface area contributed by atoms with E-state index in [-0.39, 0.29) is 11.9 Å². The lowest BCUT2D eigenvalue weighted by Crippen LogP contribution is -2.51. The number of para-hydroxylation sites is 2. The smallest absolute Gasteiger partial charge is 0.312 e. The van der Waals surface area contributed by atoms with E-state index in [2.05, 4.69) is 9.97 Å². The van der Waals surface area contributed by atoms with Crippen molar-refractivity contribution < 1.29 is 19.4 Å². The SMILES string of the molecule is CC(=O)O.COC(=O)C1CN(c2cnc3ccccc3n2)C1. The van der Waals surface area contributed by atoms with Crippen LogP contribution in [0.1, 0.15) is 6.92 Å². The predicted molar refractivity (Wildman–Crippen MR) is 80.6 cm³/mol. The van der Waals surface area contributed by atoms with Crippen molar-refractivity contribution in [1.82, 2.24) is 9.97 Å². The van der Waals surface area contributed by atoms with Gasteiger partial charge in [0, 0.05) is 20.0 Å². The van der Waals surface area contributed by atoms with Crippen LogP contribution in [0.25, 0.3) is 11.0 Å². The Morgan fingerprint density at radius 2 is 1.86 bits per heavy atom. The van der Waals surface area contributed by atoms with Crippen LogP contribution >= 0.6 is 0 Å². The lowest BCUT2D eigenvalue weighted by molar-refractivity contribution is -0.146. The molecule has 1 aliphatic rings. The number of rotatable bonds is 2. The highest BCUT2D eigenvalue weighted by atomic mass is 16.5. The van der Waals surface area contributed by atoms with Gasteiger partial charge in [-0.15, -0.1) is 0 Å². The Bertz CT molecular complexity index is 679. The minimum absolute atomic E-state index is 0.0386. The van der Waals surface area contributed by atoms with Crippen molar-refractivity contribution in [3.63, 3.8) is 0 Å². The lowest BCUT2D eigenvalue weighted by atomic mass is 10.0. The van der Waals surface area contributed by atoms with Crippen molar-refractivity contribution in [2.24, 2.45) is 5.92 Å². The first-order valence-electron chi connectivity index (χ1n) is 6.75. The zero-order chi connectivity index (χ0) is 16.1. The minimum Gasteiger partial charge on any atom is -0.481 e. The summed E-state index contributed by atoms with van der Waals surface area (Å²) in [6, 6.07) is 7.74. The van der Waals surface area contributed by atoms with Gasteiger partial charge in [-0.1, -0.05) is 12.1 Å². The molecule has 0 radical (unpaired) electrons. The Morgan fingerprint density at radius 3 is 2.45 bits per heavy atom. The molecule has 0 aliphatic carbocycles. The van der Waals surface area contributed by atoms with Crippen molar-refractivity contribution in [3.05, 3.63) is 30.5 Å². The number of carbonyl (C=O) groups is 2. The van der Waals surface area contributed by atoms with Crippen LogP contribution in [0.4, 0.5) is 5.82 Å². The number of aromatic nitrogens is 2. The van der Waals surface area contributed by atoms with Gasteiger partial charge in [0.2, 0.25) is 0 Å². The van der Waals surface area contributed by atoms with Gasteiger partial charge in [-0.05, 0) is 12.1 Å². The monoisotopic (exact) mass is 303 g/mol. The molecule has 1 N–H and O–H groups in total. The molecule has 22 heavy (non-hydrogen) atoms. The Labute approximate surface area is 127 Å². The quantitative estimate of drug-likeness (QED) is 0.836. The van der Waals surface area contributed by atoms with Gasteiger partial charge in [0.1, 0.15) is 5.82 Å². The van der Waals surface area contributed by atoms with Gasteiger partial charge in [-0.25, -0.2) is 4.98 Å². The third kappa shape index (κ3) is 3.69. The summed E-state index contributed by atoms with van der Waals surface area (Å²) in [4.78, 5) is 31.2. The van der Waals surface area contributed by atoms with Crippen LogP contribution in [-0.2, 0) is 14.3 Å². The Kier molecular flexibility index (Phi) is 4.88. The normalized spacial score (nSPS) is 13.8. The number of aliphatic carboxylic acids is 1. The van der Waals surface area contributed by atoms with Crippen LogP contribution in [0.15, 0.2) is 30.5 Å². The summed E-state index contributed by atoms with van der Waals surface area (Å²) in [5.74, 6) is -0.211. The predicted octanol–water partition coefficient (Wildman–Crippen LogP) is 1.33. The van der Waals surface area contributed by atoms with Gasteiger partial charge >= 0.3 is 5.97 Å². The van der Waals surface area contributed by atoms with E-state index in [4.69, 9.17) is 14.6 Å². The van der Waals surface area contributed by atoms with Crippen molar-refractivity contribution >= 4 is 28.8 Å². The molecule has 1 aliphatic heterocycles. The highest BCUT2D eigenvalue weighted by Crippen LogP contribution is 2.24. The van der Waals surface area contributed by atoms with Crippen LogP contribution in [0.2, 0.25) is 0 Å². The molecule has 7 heteroatoms. The standard InChI is InChI=1S/C13H13N3O2.C2H4O2/c1-18-13(17)9-7-16(8-9)12-6-14-10-4-2-3-5-11(10)15-12;1-2(3)4/h2-6,9H,7-8H2,1H3;1H3,(H,3,4). The van der Waals surface area contributed by atoms with Gasteiger partial charge in [0.05, 0.1) is 30.3 Å². The van der Waals surface area contributed by atoms with Crippen molar-refractivity contribution in [3.8, 4) is 0 Å². The van der Waals surface area contributed by atoms with Crippen LogP contribution in [0.5, 0.6) is 0 Å². The third-order valence-electron chi connectivity index (χ3n) is 3.18. The second kappa shape index (κ2) is 6.84. The molecule has 2 heterocycles. The molecule has 0 amide bonds. The maximum atomic E-state index is 11.3. The zero-order valence-electron chi connectivity index (χ0n) is 12.4. The number of nitrogens with zero attached hydrogens (tertiary/aromatic N) is 3. The average Bonchev–Trinajstić information content (AvgIpc) is 2.44. The summed E-state index contributed by atoms with van der Waals surface area (Å²) in [5.41, 5.74) is 1.75. The zero-order valence-corrected chi connectivity index (χ0v) is 12.4. The number of hydrogen-bond acceptors (Lipinski definition) is 6. The molecule has 0 saturated carbocycles. The van der Waals surface area contributed by atoms with Crippen LogP contribution in [-0.4, -0.2) is 47.2 Å². The van der Waals surface area contributed by atoms with E-state index in [0.29, 0.717) is 13.1 Å². The molecule has 0 atom stereocenters. The van der Waals surface area contributed by atoms with Gasteiger partial charge < -0.3 is 14.7 Å². The fraction of sp³-hybridized carbons (Fsp3) is 0.333. The van der Waals surface area contributed by atoms with Crippen LogP contribution < -0.4 is 4.90 Å². The number of carbonyl (C=O) groups excluding carboxylic acids is 1. The highest BCUT2D eigenvalue weighted by Gasteiger charge is 2.34. The molecule has 1 aromatic heterocycles. The van der Waals surface area contributed by atoms with Crippen LogP contribution in [0, 0.1) is 5.92 Å². The van der Waals surface area contributed by atoms with Gasteiger partial charge in [-0.3, -0.25) is 14.6 Å². The molecule has 116 valence electrons. The average molecular weight is 303 g/mol. The first-order valence-corrected chi connectivity index (χ1v) is 6.75. The summed E-state index contributed by atoms with van der Waals surface area (Å²) in [6.45, 7) is 2.39. The first-order chi connectivity index (χ1) is 10.5. The molecular weight excluding hydrogens is 286 g/mol. The number of carboxylic acid groups (broad SMARTS) is 1. The Balaban J connectivity index is 0.000000396. The van der Waals surface area contributed by atoms with E-state index in [0.717, 1.165) is 23.8 Å². The number of benzene rings is 1. The van der Waals surface area contributed by atoms with Gasteiger partial charge in [-0.2, -0.15) is 0 Å². The summed E-state index contributed by atoms with van der Waals surface area (Å²) >= 11 is 0. The fourth-order valence-corrected chi connectivity index (χ4v) is 2.08. The Hall–Kier alpha value is -2.70. The molecule has 7 nitrogen and oxygen atoms in total. The maximum absolute atomic E-state index is 11.3. The van der Waals surface area contributed by atoms with E-state index in [1.165, 1.54) is 7.11 Å². The molecule has 1 fully saturated rings. The van der Waals surface area contributed by atoms with E-state index in [1.54, 1.807) is 6.20 Å². The van der Waals surface area contributed by atoms with Crippen molar-refractivity contribution in [1.29, 1.82) is 0 Å². The second-order valence-electron chi connectivity index (χ2n) is 4.86. The number of anilines is 1. The number of carboxylic acids is 1. The molecular formula is C15H17N3O4. The molecule has 0 unspecified atom stereocenters. The topological polar surface area (TPSA) is 92.6 Å². The molecule has 2 aromatic rings. The van der Waals surface area contributed by atoms with Gasteiger partial charge in [0.15, 0.2) is 0 Å². The lowest BCUT2D eigenvalue weighted by Gasteiger charge is -2.38. The fourth-order valence-electron chi connectivity index (χ4n) is 2.08. The van der Waals surface area contributed by atoms with Gasteiger partial charge in [0.25, 0.3) is 5.97 Å². The first kappa shape index (κ1) is 15.7. The van der Waals surface area contributed by atoms with E-state index >= 15 is 0 Å². The summed E-state index contributed by atoms with van der Waals surface area (Å²) in [6.07, 6.45) is 1.75. The largest absolute Gasteiger partial charge is 0.481 e. The highest BCUT2D eigenvalue weighted by molar-refractivity contribution is 5.78. The molecule has 1 aromatic carbocycles. The van der Waals surface area contributed by atoms with Crippen molar-refractivity contribution in [2.75, 3.05) is 25.1 Å². The summed E-state index contributed by atoms with van der Waals surface area (Å²) in [5, 5.41) is 7.42.